The van der Waals surface area contributed by atoms with Crippen molar-refractivity contribution in [2.24, 2.45) is 0 Å². The van der Waals surface area contributed by atoms with Gasteiger partial charge >= 0.3 is 5.97 Å². The lowest BCUT2D eigenvalue weighted by molar-refractivity contribution is 0.0593. The van der Waals surface area contributed by atoms with Gasteiger partial charge in [0.15, 0.2) is 5.69 Å². The molecule has 0 fully saturated rings. The number of nitrogens with one attached hydrogen (secondary N) is 1. The molecule has 1 aromatic heterocycles. The van der Waals surface area contributed by atoms with E-state index in [1.54, 1.807) is 25.1 Å². The Balaban J connectivity index is 2.65. The summed E-state index contributed by atoms with van der Waals surface area (Å²) in [6.07, 6.45) is 1.47. The third kappa shape index (κ3) is 3.54. The Labute approximate surface area is 152 Å². The van der Waals surface area contributed by atoms with E-state index in [9.17, 15) is 14.9 Å². The Morgan fingerprint density at radius 1 is 1.31 bits per heavy atom. The molecule has 2 aromatic rings. The van der Waals surface area contributed by atoms with E-state index < -0.39 is 5.97 Å². The molecule has 0 saturated heterocycles. The number of carbonyl (C=O) groups excluding carboxylic acids is 2. The highest BCUT2D eigenvalue weighted by Gasteiger charge is 2.24. The zero-order valence-corrected chi connectivity index (χ0v) is 15.5. The molecular weight excluding hydrogens is 332 g/mol. The SMILES string of the molecule is COC(=O)c1c(N)c(C#N)cn1-c1cccc(C(=O)NC(C)(C)C)c1C. The Bertz CT molecular complexity index is 914. The molecule has 0 unspecified atom stereocenters. The van der Waals surface area contributed by atoms with Crippen LogP contribution in [0.4, 0.5) is 5.69 Å². The van der Waals surface area contributed by atoms with Crippen molar-refractivity contribution < 1.29 is 14.3 Å². The minimum absolute atomic E-state index is 0.0447. The molecule has 0 saturated carbocycles. The van der Waals surface area contributed by atoms with E-state index in [0.29, 0.717) is 16.8 Å². The number of carbonyl (C=O) groups is 2. The van der Waals surface area contributed by atoms with Crippen molar-refractivity contribution in [3.05, 3.63) is 46.8 Å². The predicted octanol–water partition coefficient (Wildman–Crippen LogP) is 2.55. The number of methoxy groups -OCH3 is 1. The number of esters is 1. The van der Waals surface area contributed by atoms with Gasteiger partial charge in [0.1, 0.15) is 6.07 Å². The lowest BCUT2D eigenvalue weighted by atomic mass is 10.0. The van der Waals surface area contributed by atoms with Crippen LogP contribution in [-0.2, 0) is 4.74 Å². The third-order valence-electron chi connectivity index (χ3n) is 3.84. The largest absolute Gasteiger partial charge is 0.464 e. The van der Waals surface area contributed by atoms with E-state index in [-0.39, 0.29) is 28.4 Å². The second kappa shape index (κ2) is 6.92. The number of rotatable bonds is 3. The van der Waals surface area contributed by atoms with Crippen molar-refractivity contribution in [2.75, 3.05) is 12.8 Å². The fourth-order valence-corrected chi connectivity index (χ4v) is 2.64. The summed E-state index contributed by atoms with van der Waals surface area (Å²) < 4.78 is 6.28. The van der Waals surface area contributed by atoms with Crippen LogP contribution in [0.3, 0.4) is 0 Å². The van der Waals surface area contributed by atoms with Crippen molar-refractivity contribution in [3.8, 4) is 11.8 Å². The van der Waals surface area contributed by atoms with Crippen LogP contribution in [0.2, 0.25) is 0 Å². The number of benzene rings is 1. The number of ether oxygens (including phenoxy) is 1. The molecule has 0 aliphatic rings. The van der Waals surface area contributed by atoms with Gasteiger partial charge in [0.2, 0.25) is 0 Å². The van der Waals surface area contributed by atoms with Crippen LogP contribution in [0.15, 0.2) is 24.4 Å². The molecule has 0 atom stereocenters. The number of hydrogen-bond donors (Lipinski definition) is 2. The van der Waals surface area contributed by atoms with Crippen LogP contribution in [0.25, 0.3) is 5.69 Å². The summed E-state index contributed by atoms with van der Waals surface area (Å²) in [5.41, 5.74) is 7.50. The van der Waals surface area contributed by atoms with Crippen LogP contribution >= 0.6 is 0 Å². The quantitative estimate of drug-likeness (QED) is 0.823. The zero-order chi connectivity index (χ0) is 19.6. The highest BCUT2D eigenvalue weighted by atomic mass is 16.5. The van der Waals surface area contributed by atoms with Crippen molar-refractivity contribution in [1.29, 1.82) is 5.26 Å². The molecular formula is C19H22N4O3. The molecule has 0 bridgehead atoms. The number of nitrogen functional groups attached to an aromatic ring is 1. The summed E-state index contributed by atoms with van der Waals surface area (Å²) in [4.78, 5) is 24.7. The Morgan fingerprint density at radius 2 is 1.96 bits per heavy atom. The fourth-order valence-electron chi connectivity index (χ4n) is 2.64. The number of aromatic nitrogens is 1. The molecule has 0 aliphatic heterocycles. The molecule has 1 amide bonds. The number of nitrogens with two attached hydrogens (primary N) is 1. The average molecular weight is 354 g/mol. The van der Waals surface area contributed by atoms with Crippen molar-refractivity contribution in [2.45, 2.75) is 33.2 Å². The van der Waals surface area contributed by atoms with Crippen molar-refractivity contribution in [3.63, 3.8) is 0 Å². The number of anilines is 1. The first-order valence-corrected chi connectivity index (χ1v) is 8.02. The lowest BCUT2D eigenvalue weighted by Crippen LogP contribution is -2.40. The summed E-state index contributed by atoms with van der Waals surface area (Å²) in [6.45, 7) is 7.46. The molecule has 26 heavy (non-hydrogen) atoms. The molecule has 7 heteroatoms. The van der Waals surface area contributed by atoms with E-state index in [1.165, 1.54) is 17.9 Å². The first-order chi connectivity index (χ1) is 12.1. The summed E-state index contributed by atoms with van der Waals surface area (Å²) >= 11 is 0. The minimum atomic E-state index is -0.659. The number of amides is 1. The number of hydrogen-bond acceptors (Lipinski definition) is 5. The zero-order valence-electron chi connectivity index (χ0n) is 15.5. The number of nitrogens with zero attached hydrogens (tertiary/aromatic N) is 2. The fraction of sp³-hybridized carbons (Fsp3) is 0.316. The van der Waals surface area contributed by atoms with E-state index >= 15 is 0 Å². The van der Waals surface area contributed by atoms with Gasteiger partial charge < -0.3 is 20.4 Å². The van der Waals surface area contributed by atoms with E-state index in [0.717, 1.165) is 0 Å². The second-order valence-corrected chi connectivity index (χ2v) is 6.93. The standard InChI is InChI=1S/C19H22N4O3/c1-11-13(17(24)22-19(2,3)4)7-6-8-14(11)23-10-12(9-20)15(21)16(23)18(25)26-5/h6-8,10H,21H2,1-5H3,(H,22,24). The van der Waals surface area contributed by atoms with Crippen LogP contribution in [-0.4, -0.2) is 29.1 Å². The molecule has 0 aliphatic carbocycles. The third-order valence-corrected chi connectivity index (χ3v) is 3.84. The van der Waals surface area contributed by atoms with Gasteiger partial charge in [-0.15, -0.1) is 0 Å². The topological polar surface area (TPSA) is 110 Å². The van der Waals surface area contributed by atoms with Crippen LogP contribution in [0.1, 0.15) is 52.7 Å². The minimum Gasteiger partial charge on any atom is -0.464 e. The van der Waals surface area contributed by atoms with Gasteiger partial charge in [0.05, 0.1) is 18.4 Å². The highest BCUT2D eigenvalue weighted by Crippen LogP contribution is 2.27. The molecule has 3 N–H and O–H groups in total. The molecule has 0 spiro atoms. The van der Waals surface area contributed by atoms with Gasteiger partial charge in [0, 0.05) is 23.0 Å². The summed E-state index contributed by atoms with van der Waals surface area (Å²) in [5, 5.41) is 12.2. The lowest BCUT2D eigenvalue weighted by Gasteiger charge is -2.22. The Morgan fingerprint density at radius 3 is 2.50 bits per heavy atom. The van der Waals surface area contributed by atoms with Gasteiger partial charge in [0.25, 0.3) is 5.91 Å². The normalized spacial score (nSPS) is 10.9. The van der Waals surface area contributed by atoms with Gasteiger partial charge in [-0.1, -0.05) is 6.07 Å². The van der Waals surface area contributed by atoms with E-state index in [1.807, 2.05) is 26.8 Å². The van der Waals surface area contributed by atoms with E-state index in [2.05, 4.69) is 5.32 Å². The van der Waals surface area contributed by atoms with Gasteiger partial charge in [-0.3, -0.25) is 4.79 Å². The monoisotopic (exact) mass is 354 g/mol. The number of nitriles is 1. The van der Waals surface area contributed by atoms with Gasteiger partial charge in [-0.05, 0) is 45.4 Å². The van der Waals surface area contributed by atoms with E-state index in [4.69, 9.17) is 10.5 Å². The average Bonchev–Trinajstić information content (AvgIpc) is 2.89. The predicted molar refractivity (Wildman–Crippen MR) is 98.2 cm³/mol. The first-order valence-electron chi connectivity index (χ1n) is 8.02. The Hall–Kier alpha value is -3.27. The summed E-state index contributed by atoms with van der Waals surface area (Å²) in [7, 11) is 1.24. The summed E-state index contributed by atoms with van der Waals surface area (Å²) in [6, 6.07) is 7.12. The second-order valence-electron chi connectivity index (χ2n) is 6.93. The maximum Gasteiger partial charge on any atom is 0.357 e. The molecule has 7 nitrogen and oxygen atoms in total. The maximum absolute atomic E-state index is 12.6. The summed E-state index contributed by atoms with van der Waals surface area (Å²) in [5.74, 6) is -0.884. The highest BCUT2D eigenvalue weighted by molar-refractivity contribution is 5.98. The van der Waals surface area contributed by atoms with Crippen molar-refractivity contribution >= 4 is 17.6 Å². The smallest absolute Gasteiger partial charge is 0.357 e. The molecule has 136 valence electrons. The van der Waals surface area contributed by atoms with Crippen LogP contribution in [0.5, 0.6) is 0 Å². The van der Waals surface area contributed by atoms with Gasteiger partial charge in [-0.2, -0.15) is 5.26 Å². The molecule has 2 rings (SSSR count). The van der Waals surface area contributed by atoms with Crippen molar-refractivity contribution in [1.82, 2.24) is 9.88 Å². The maximum atomic E-state index is 12.6. The van der Waals surface area contributed by atoms with Crippen LogP contribution < -0.4 is 11.1 Å². The van der Waals surface area contributed by atoms with Crippen LogP contribution in [0, 0.1) is 18.3 Å². The Kier molecular flexibility index (Phi) is 5.07. The molecule has 0 radical (unpaired) electrons. The molecule has 1 aromatic carbocycles. The first kappa shape index (κ1) is 19.1. The van der Waals surface area contributed by atoms with Gasteiger partial charge in [-0.25, -0.2) is 4.79 Å². The molecule has 1 heterocycles.